The Bertz CT molecular complexity index is 253. The third-order valence-electron chi connectivity index (χ3n) is 1.19. The number of ether oxygens (including phenoxy) is 1. The van der Waals surface area contributed by atoms with Crippen LogP contribution in [0.1, 0.15) is 6.42 Å². The third-order valence-corrected chi connectivity index (χ3v) is 1.19. The number of hydrogen-bond donors (Lipinski definition) is 1. The summed E-state index contributed by atoms with van der Waals surface area (Å²) in [5.74, 6) is -0.733. The summed E-state index contributed by atoms with van der Waals surface area (Å²) in [6.07, 6.45) is -0.422. The number of imide groups is 1. The molecule has 7 nitrogen and oxygen atoms in total. The molecule has 0 saturated heterocycles. The van der Waals surface area contributed by atoms with E-state index in [0.717, 1.165) is 0 Å². The molecule has 0 aliphatic heterocycles. The van der Waals surface area contributed by atoms with E-state index in [4.69, 9.17) is 10.1 Å². The fraction of sp³-hybridized carbons (Fsp3) is 0.571. The van der Waals surface area contributed by atoms with Gasteiger partial charge in [0, 0.05) is 7.11 Å². The van der Waals surface area contributed by atoms with E-state index in [2.05, 4.69) is 10.5 Å². The van der Waals surface area contributed by atoms with Crippen molar-refractivity contribution >= 4 is 11.9 Å². The highest BCUT2D eigenvalue weighted by atomic mass is 35.5. The molecule has 0 radical (unpaired) electrons. The van der Waals surface area contributed by atoms with Crippen LogP contribution in [0.3, 0.4) is 0 Å². The summed E-state index contributed by atoms with van der Waals surface area (Å²) in [6.45, 7) is 0.290. The first-order valence-electron chi connectivity index (χ1n) is 3.81. The standard InChI is InChI=1S/C7H11N3O4.ClH/c1-13-4-5-14-10(7(9)12)6(11)2-3-8;/h2,4-5H2,1H3,(H2,9,12);1H. The molecular weight excluding hydrogens is 226 g/mol. The van der Waals surface area contributed by atoms with Gasteiger partial charge in [-0.1, -0.05) is 5.06 Å². The molecule has 0 aliphatic carbocycles. The lowest BCUT2D eigenvalue weighted by atomic mass is 10.4. The van der Waals surface area contributed by atoms with Crippen LogP contribution in [0.4, 0.5) is 4.79 Å². The van der Waals surface area contributed by atoms with E-state index in [1.165, 1.54) is 7.11 Å². The number of amides is 3. The van der Waals surface area contributed by atoms with Gasteiger partial charge in [-0.3, -0.25) is 15.4 Å². The first kappa shape index (κ1) is 16.2. The summed E-state index contributed by atoms with van der Waals surface area (Å²) in [7, 11) is 1.46. The zero-order chi connectivity index (χ0) is 11.0. The normalized spacial score (nSPS) is 8.60. The van der Waals surface area contributed by atoms with Crippen molar-refractivity contribution in [3.63, 3.8) is 0 Å². The van der Waals surface area contributed by atoms with Crippen molar-refractivity contribution in [3.8, 4) is 6.07 Å². The van der Waals surface area contributed by atoms with E-state index in [1.807, 2.05) is 0 Å². The molecule has 15 heavy (non-hydrogen) atoms. The second-order valence-corrected chi connectivity index (χ2v) is 2.24. The van der Waals surface area contributed by atoms with Crippen molar-refractivity contribution in [3.05, 3.63) is 0 Å². The van der Waals surface area contributed by atoms with E-state index in [-0.39, 0.29) is 25.6 Å². The van der Waals surface area contributed by atoms with Crippen molar-refractivity contribution in [1.29, 1.82) is 5.26 Å². The van der Waals surface area contributed by atoms with Crippen LogP contribution in [0.15, 0.2) is 0 Å². The fourth-order valence-electron chi connectivity index (χ4n) is 0.634. The summed E-state index contributed by atoms with van der Waals surface area (Å²) >= 11 is 0. The van der Waals surface area contributed by atoms with Crippen LogP contribution >= 0.6 is 0 Å². The molecule has 0 spiro atoms. The molecule has 0 unspecified atom stereocenters. The molecule has 3 N–H and O–H groups in total. The van der Waals surface area contributed by atoms with Crippen LogP contribution in [0.25, 0.3) is 0 Å². The molecule has 8 heteroatoms. The summed E-state index contributed by atoms with van der Waals surface area (Å²) in [5.41, 5.74) is 3.01. The monoisotopic (exact) mass is 237 g/mol. The number of nitrogens with zero attached hydrogens (tertiary/aromatic N) is 2. The van der Waals surface area contributed by atoms with Crippen molar-refractivity contribution in [2.24, 2.45) is 0 Å². The Kier molecular flexibility index (Phi) is 10.1. The Hall–Kier alpha value is -1.20. The van der Waals surface area contributed by atoms with Crippen LogP contribution in [-0.2, 0) is 14.4 Å². The molecule has 3 amide bonds. The SMILES string of the molecule is COCCON(C([NH3+])=O)C(=O)CC#N.[Cl-]. The first-order chi connectivity index (χ1) is 6.63. The zero-order valence-electron chi connectivity index (χ0n) is 8.23. The van der Waals surface area contributed by atoms with Crippen molar-refractivity contribution in [2.45, 2.75) is 6.42 Å². The molecular formula is C7H12ClN3O4. The minimum Gasteiger partial charge on any atom is -1.00 e. The van der Waals surface area contributed by atoms with Gasteiger partial charge in [0.1, 0.15) is 6.42 Å². The number of hydrogen-bond acceptors (Lipinski definition) is 5. The second-order valence-electron chi connectivity index (χ2n) is 2.24. The number of hydroxylamine groups is 2. The minimum atomic E-state index is -0.804. The van der Waals surface area contributed by atoms with Crippen molar-refractivity contribution in [1.82, 2.24) is 5.06 Å². The summed E-state index contributed by atoms with van der Waals surface area (Å²) in [6, 6.07) is 0.806. The molecule has 0 rings (SSSR count). The number of quaternary nitrogens is 1. The predicted molar refractivity (Wildman–Crippen MR) is 43.2 cm³/mol. The highest BCUT2D eigenvalue weighted by Crippen LogP contribution is 1.94. The Morgan fingerprint density at radius 2 is 2.07 bits per heavy atom. The lowest BCUT2D eigenvalue weighted by Crippen LogP contribution is -3.00. The van der Waals surface area contributed by atoms with E-state index in [0.29, 0.717) is 5.06 Å². The van der Waals surface area contributed by atoms with Crippen LogP contribution in [0.5, 0.6) is 0 Å². The fourth-order valence-corrected chi connectivity index (χ4v) is 0.634. The smallest absolute Gasteiger partial charge is 0.445 e. The van der Waals surface area contributed by atoms with Gasteiger partial charge >= 0.3 is 6.03 Å². The number of methoxy groups -OCH3 is 1. The molecule has 0 aliphatic rings. The molecule has 0 aromatic rings. The second kappa shape index (κ2) is 9.36. The Morgan fingerprint density at radius 3 is 2.47 bits per heavy atom. The number of halogens is 1. The largest absolute Gasteiger partial charge is 1.00 e. The Balaban J connectivity index is 0. The van der Waals surface area contributed by atoms with Gasteiger partial charge in [-0.2, -0.15) is 5.26 Å². The van der Waals surface area contributed by atoms with Crippen LogP contribution in [0, 0.1) is 11.3 Å². The van der Waals surface area contributed by atoms with Crippen molar-refractivity contribution < 1.29 is 37.3 Å². The highest BCUT2D eigenvalue weighted by Gasteiger charge is 2.22. The van der Waals surface area contributed by atoms with Gasteiger partial charge in [-0.15, -0.1) is 0 Å². The minimum absolute atomic E-state index is 0. The van der Waals surface area contributed by atoms with Crippen LogP contribution in [0.2, 0.25) is 0 Å². The van der Waals surface area contributed by atoms with Gasteiger partial charge in [-0.05, 0) is 0 Å². The van der Waals surface area contributed by atoms with Gasteiger partial charge in [0.2, 0.25) is 0 Å². The van der Waals surface area contributed by atoms with Gasteiger partial charge in [0.15, 0.2) is 0 Å². The Labute approximate surface area is 93.1 Å². The maximum Gasteiger partial charge on any atom is 0.445 e. The van der Waals surface area contributed by atoms with Crippen LogP contribution in [-0.4, -0.2) is 37.3 Å². The number of urea groups is 1. The first-order valence-corrected chi connectivity index (χ1v) is 3.81. The maximum absolute atomic E-state index is 11.1. The van der Waals surface area contributed by atoms with Gasteiger partial charge in [-0.25, -0.2) is 4.79 Å². The third kappa shape index (κ3) is 6.82. The lowest BCUT2D eigenvalue weighted by Gasteiger charge is -2.13. The molecule has 0 atom stereocenters. The molecule has 0 saturated carbocycles. The van der Waals surface area contributed by atoms with E-state index < -0.39 is 18.4 Å². The lowest BCUT2D eigenvalue weighted by molar-refractivity contribution is -0.297. The summed E-state index contributed by atoms with van der Waals surface area (Å²) < 4.78 is 4.65. The molecule has 86 valence electrons. The van der Waals surface area contributed by atoms with E-state index >= 15 is 0 Å². The van der Waals surface area contributed by atoms with Crippen molar-refractivity contribution in [2.75, 3.05) is 20.3 Å². The number of nitriles is 1. The highest BCUT2D eigenvalue weighted by molar-refractivity contribution is 5.89. The zero-order valence-corrected chi connectivity index (χ0v) is 8.99. The van der Waals surface area contributed by atoms with Gasteiger partial charge in [0.05, 0.1) is 19.3 Å². The molecule has 0 bridgehead atoms. The molecule has 0 aromatic carbocycles. The number of carbonyl (C=O) groups excluding carboxylic acids is 2. The quantitative estimate of drug-likeness (QED) is 0.384. The molecule has 0 fully saturated rings. The topological polar surface area (TPSA) is 107 Å². The average Bonchev–Trinajstić information content (AvgIpc) is 2.12. The molecule has 0 heterocycles. The number of carbonyl (C=O) groups is 2. The predicted octanol–water partition coefficient (Wildman–Crippen LogP) is -4.33. The maximum atomic E-state index is 11.1. The van der Waals surface area contributed by atoms with E-state index in [1.54, 1.807) is 6.07 Å². The van der Waals surface area contributed by atoms with Crippen LogP contribution < -0.4 is 18.1 Å². The number of rotatable bonds is 5. The summed E-state index contributed by atoms with van der Waals surface area (Å²) in [4.78, 5) is 26.6. The average molecular weight is 238 g/mol. The van der Waals surface area contributed by atoms with Gasteiger partial charge in [0.25, 0.3) is 5.91 Å². The van der Waals surface area contributed by atoms with E-state index in [9.17, 15) is 9.59 Å². The summed E-state index contributed by atoms with van der Waals surface area (Å²) in [5, 5.41) is 8.69. The Morgan fingerprint density at radius 1 is 1.47 bits per heavy atom. The van der Waals surface area contributed by atoms with Gasteiger partial charge < -0.3 is 17.1 Å². The molecule has 0 aromatic heterocycles.